The van der Waals surface area contributed by atoms with Crippen LogP contribution < -0.4 is 0 Å². The van der Waals surface area contributed by atoms with Gasteiger partial charge in [0, 0.05) is 18.7 Å². The maximum Gasteiger partial charge on any atom is 0.253 e. The zero-order valence-corrected chi connectivity index (χ0v) is 10.6. The largest absolute Gasteiger partial charge is 0.339 e. The number of nitrogens with zero attached hydrogens (tertiary/aromatic N) is 1. The Bertz CT molecular complexity index is 273. The first-order chi connectivity index (χ1) is 6.29. The fourth-order valence-corrected chi connectivity index (χ4v) is 1.27. The number of halogens is 2. The molecule has 0 atom stereocenters. The second-order valence-corrected chi connectivity index (χ2v) is 2.84. The van der Waals surface area contributed by atoms with E-state index in [9.17, 15) is 4.79 Å². The molecule has 1 amide bonds. The molecular weight excluding hydrogens is 233 g/mol. The van der Waals surface area contributed by atoms with Gasteiger partial charge in [-0.05, 0) is 26.0 Å². The quantitative estimate of drug-likeness (QED) is 0.807. The van der Waals surface area contributed by atoms with Crippen molar-refractivity contribution in [1.29, 1.82) is 0 Å². The minimum atomic E-state index is 0. The van der Waals surface area contributed by atoms with Crippen LogP contribution in [0.3, 0.4) is 0 Å². The summed E-state index contributed by atoms with van der Waals surface area (Å²) in [5, 5.41) is 0. The van der Waals surface area contributed by atoms with Crippen LogP contribution in [0.2, 0.25) is 0 Å². The summed E-state index contributed by atoms with van der Waals surface area (Å²) < 4.78 is 0. The lowest BCUT2D eigenvalue weighted by Crippen LogP contribution is -2.30. The number of carbonyl (C=O) groups excluding carboxylic acids is 1. The van der Waals surface area contributed by atoms with Crippen molar-refractivity contribution < 1.29 is 4.79 Å². The third kappa shape index (κ3) is 4.54. The average Bonchev–Trinajstić information content (AvgIpc) is 2.21. The van der Waals surface area contributed by atoms with Crippen LogP contribution in [0.4, 0.5) is 0 Å². The molecule has 0 fully saturated rings. The van der Waals surface area contributed by atoms with E-state index in [-0.39, 0.29) is 30.7 Å². The summed E-state index contributed by atoms with van der Waals surface area (Å²) in [5.41, 5.74) is 0.770. The Balaban J connectivity index is 0. The molecule has 0 spiro atoms. The fourth-order valence-electron chi connectivity index (χ4n) is 1.27. The highest BCUT2D eigenvalue weighted by molar-refractivity contribution is 5.94. The summed E-state index contributed by atoms with van der Waals surface area (Å²) in [6.07, 6.45) is 0. The molecule has 15 heavy (non-hydrogen) atoms. The fraction of sp³-hybridized carbons (Fsp3) is 0.364. The van der Waals surface area contributed by atoms with Crippen LogP contribution >= 0.6 is 24.8 Å². The number of hydrogen-bond donors (Lipinski definition) is 0. The van der Waals surface area contributed by atoms with E-state index in [1.165, 1.54) is 0 Å². The van der Waals surface area contributed by atoms with Crippen molar-refractivity contribution in [3.8, 4) is 0 Å². The molecular formula is C11H17Cl2NO. The Kier molecular flexibility index (Phi) is 9.53. The van der Waals surface area contributed by atoms with E-state index in [0.717, 1.165) is 18.7 Å². The molecule has 1 aromatic carbocycles. The van der Waals surface area contributed by atoms with Crippen molar-refractivity contribution in [3.63, 3.8) is 0 Å². The van der Waals surface area contributed by atoms with Crippen molar-refractivity contribution in [3.05, 3.63) is 35.9 Å². The van der Waals surface area contributed by atoms with E-state index >= 15 is 0 Å². The molecule has 86 valence electrons. The van der Waals surface area contributed by atoms with Crippen LogP contribution in [-0.4, -0.2) is 23.9 Å². The third-order valence-electron chi connectivity index (χ3n) is 2.07. The van der Waals surface area contributed by atoms with Gasteiger partial charge >= 0.3 is 0 Å². The van der Waals surface area contributed by atoms with Gasteiger partial charge in [-0.1, -0.05) is 18.2 Å². The summed E-state index contributed by atoms with van der Waals surface area (Å²) in [6.45, 7) is 5.52. The van der Waals surface area contributed by atoms with E-state index < -0.39 is 0 Å². The molecule has 0 N–H and O–H groups in total. The summed E-state index contributed by atoms with van der Waals surface area (Å²) in [7, 11) is 0. The highest BCUT2D eigenvalue weighted by atomic mass is 35.5. The number of hydrogen-bond acceptors (Lipinski definition) is 1. The van der Waals surface area contributed by atoms with Gasteiger partial charge in [-0.15, -0.1) is 24.8 Å². The SMILES string of the molecule is CCN(CC)C(=O)c1ccccc1.Cl.Cl. The smallest absolute Gasteiger partial charge is 0.253 e. The number of carbonyl (C=O) groups is 1. The van der Waals surface area contributed by atoms with Crippen LogP contribution in [-0.2, 0) is 0 Å². The second kappa shape index (κ2) is 8.57. The van der Waals surface area contributed by atoms with Crippen LogP contribution in [0, 0.1) is 0 Å². The standard InChI is InChI=1S/C11H15NO.2ClH/c1-3-12(4-2)11(13)10-8-6-5-7-9-10;;/h5-9H,3-4H2,1-2H3;2*1H. The second-order valence-electron chi connectivity index (χ2n) is 2.84. The molecule has 0 unspecified atom stereocenters. The Morgan fingerprint density at radius 1 is 1.07 bits per heavy atom. The van der Waals surface area contributed by atoms with Crippen molar-refractivity contribution >= 4 is 30.7 Å². The van der Waals surface area contributed by atoms with Gasteiger partial charge in [0.05, 0.1) is 0 Å². The Labute approximate surface area is 103 Å². The van der Waals surface area contributed by atoms with E-state index in [1.807, 2.05) is 49.1 Å². The molecule has 0 saturated carbocycles. The minimum Gasteiger partial charge on any atom is -0.339 e. The monoisotopic (exact) mass is 249 g/mol. The molecule has 1 aromatic rings. The van der Waals surface area contributed by atoms with E-state index in [4.69, 9.17) is 0 Å². The van der Waals surface area contributed by atoms with Gasteiger partial charge in [-0.25, -0.2) is 0 Å². The van der Waals surface area contributed by atoms with Crippen molar-refractivity contribution in [2.75, 3.05) is 13.1 Å². The molecule has 0 saturated heterocycles. The molecule has 0 radical (unpaired) electrons. The van der Waals surface area contributed by atoms with Gasteiger partial charge in [0.2, 0.25) is 0 Å². The highest BCUT2D eigenvalue weighted by Crippen LogP contribution is 2.03. The summed E-state index contributed by atoms with van der Waals surface area (Å²) in [4.78, 5) is 13.5. The molecule has 0 bridgehead atoms. The first kappa shape index (κ1) is 16.7. The lowest BCUT2D eigenvalue weighted by molar-refractivity contribution is 0.0773. The van der Waals surface area contributed by atoms with Gasteiger partial charge in [0.15, 0.2) is 0 Å². The van der Waals surface area contributed by atoms with Crippen molar-refractivity contribution in [2.24, 2.45) is 0 Å². The topological polar surface area (TPSA) is 20.3 Å². The van der Waals surface area contributed by atoms with Gasteiger partial charge in [-0.3, -0.25) is 4.79 Å². The minimum absolute atomic E-state index is 0. The molecule has 0 aliphatic heterocycles. The molecule has 2 nitrogen and oxygen atoms in total. The maximum atomic E-state index is 11.7. The van der Waals surface area contributed by atoms with Crippen LogP contribution in [0.1, 0.15) is 24.2 Å². The number of amides is 1. The van der Waals surface area contributed by atoms with Gasteiger partial charge in [0.1, 0.15) is 0 Å². The predicted molar refractivity (Wildman–Crippen MR) is 68.2 cm³/mol. The molecule has 4 heteroatoms. The van der Waals surface area contributed by atoms with Gasteiger partial charge in [-0.2, -0.15) is 0 Å². The van der Waals surface area contributed by atoms with Crippen LogP contribution in [0.25, 0.3) is 0 Å². The molecule has 1 rings (SSSR count). The Morgan fingerprint density at radius 3 is 1.93 bits per heavy atom. The van der Waals surface area contributed by atoms with Gasteiger partial charge in [0.25, 0.3) is 5.91 Å². The average molecular weight is 250 g/mol. The molecule has 0 heterocycles. The Morgan fingerprint density at radius 2 is 1.53 bits per heavy atom. The zero-order chi connectivity index (χ0) is 9.68. The summed E-state index contributed by atoms with van der Waals surface area (Å²) >= 11 is 0. The first-order valence-electron chi connectivity index (χ1n) is 4.64. The van der Waals surface area contributed by atoms with Crippen LogP contribution in [0.15, 0.2) is 30.3 Å². The molecule has 0 aliphatic carbocycles. The van der Waals surface area contributed by atoms with Crippen molar-refractivity contribution in [1.82, 2.24) is 4.90 Å². The zero-order valence-electron chi connectivity index (χ0n) is 8.97. The van der Waals surface area contributed by atoms with E-state index in [1.54, 1.807) is 0 Å². The lowest BCUT2D eigenvalue weighted by atomic mass is 10.2. The van der Waals surface area contributed by atoms with Crippen molar-refractivity contribution in [2.45, 2.75) is 13.8 Å². The van der Waals surface area contributed by atoms with E-state index in [0.29, 0.717) is 0 Å². The number of benzene rings is 1. The summed E-state index contributed by atoms with van der Waals surface area (Å²) in [6, 6.07) is 9.38. The molecule has 0 aromatic heterocycles. The first-order valence-corrected chi connectivity index (χ1v) is 4.64. The highest BCUT2D eigenvalue weighted by Gasteiger charge is 2.10. The van der Waals surface area contributed by atoms with Crippen LogP contribution in [0.5, 0.6) is 0 Å². The number of rotatable bonds is 3. The Hall–Kier alpha value is -0.730. The lowest BCUT2D eigenvalue weighted by Gasteiger charge is -2.18. The predicted octanol–water partition coefficient (Wildman–Crippen LogP) is 3.01. The van der Waals surface area contributed by atoms with Gasteiger partial charge < -0.3 is 4.90 Å². The summed E-state index contributed by atoms with van der Waals surface area (Å²) in [5.74, 6) is 0.116. The van der Waals surface area contributed by atoms with E-state index in [2.05, 4.69) is 0 Å². The molecule has 0 aliphatic rings. The maximum absolute atomic E-state index is 11.7. The normalized spacial score (nSPS) is 8.40. The third-order valence-corrected chi connectivity index (χ3v) is 2.07.